The molecule has 0 atom stereocenters. The van der Waals surface area contributed by atoms with Crippen LogP contribution in [0.1, 0.15) is 29.6 Å². The smallest absolute Gasteiger partial charge is 0.337 e. The molecule has 0 aliphatic heterocycles. The molecule has 1 saturated carbocycles. The number of ether oxygens (including phenoxy) is 2. The van der Waals surface area contributed by atoms with Gasteiger partial charge in [0.25, 0.3) is 0 Å². The highest BCUT2D eigenvalue weighted by molar-refractivity contribution is 6.18. The number of alkyl halides is 2. The molecule has 0 unspecified atom stereocenters. The fraction of sp³-hybridized carbons (Fsp3) is 0.588. The Balaban J connectivity index is 2.23. The zero-order valence-corrected chi connectivity index (χ0v) is 14.9. The van der Waals surface area contributed by atoms with Crippen LogP contribution in [0.5, 0.6) is 5.75 Å². The molecule has 0 aromatic heterocycles. The molecule has 0 saturated heterocycles. The first-order valence-electron chi connectivity index (χ1n) is 7.91. The van der Waals surface area contributed by atoms with Crippen LogP contribution in [0.4, 0.5) is 5.69 Å². The standard InChI is InChI=1S/C17H23Cl2NO3/c1-22-17(21)14-5-6-15(20(9-7-18)10-8-19)16(11-14)23-12-13-3-2-4-13/h5-6,11,13H,2-4,7-10,12H2,1H3. The van der Waals surface area contributed by atoms with Crippen molar-refractivity contribution in [2.45, 2.75) is 19.3 Å². The summed E-state index contributed by atoms with van der Waals surface area (Å²) in [5.74, 6) is 1.93. The molecule has 0 amide bonds. The Morgan fingerprint density at radius 3 is 2.48 bits per heavy atom. The number of methoxy groups -OCH3 is 1. The van der Waals surface area contributed by atoms with Gasteiger partial charge in [-0.15, -0.1) is 23.2 Å². The monoisotopic (exact) mass is 359 g/mol. The lowest BCUT2D eigenvalue weighted by molar-refractivity contribution is 0.0600. The van der Waals surface area contributed by atoms with Crippen LogP contribution in [0.25, 0.3) is 0 Å². The molecule has 128 valence electrons. The molecule has 2 rings (SSSR count). The predicted molar refractivity (Wildman–Crippen MR) is 94.3 cm³/mol. The maximum Gasteiger partial charge on any atom is 0.337 e. The molecular formula is C17H23Cl2NO3. The summed E-state index contributed by atoms with van der Waals surface area (Å²) in [5, 5.41) is 0. The minimum absolute atomic E-state index is 0.369. The van der Waals surface area contributed by atoms with E-state index in [1.807, 2.05) is 6.07 Å². The van der Waals surface area contributed by atoms with E-state index in [9.17, 15) is 4.79 Å². The maximum absolute atomic E-state index is 11.8. The van der Waals surface area contributed by atoms with E-state index in [2.05, 4.69) is 4.90 Å². The Bertz CT molecular complexity index is 515. The predicted octanol–water partition coefficient (Wildman–Crippen LogP) is 3.94. The third-order valence-corrected chi connectivity index (χ3v) is 4.47. The summed E-state index contributed by atoms with van der Waals surface area (Å²) < 4.78 is 10.8. The Kier molecular flexibility index (Phi) is 7.31. The lowest BCUT2D eigenvalue weighted by Gasteiger charge is -2.29. The van der Waals surface area contributed by atoms with E-state index in [4.69, 9.17) is 32.7 Å². The third kappa shape index (κ3) is 4.92. The van der Waals surface area contributed by atoms with Crippen molar-refractivity contribution in [1.29, 1.82) is 0 Å². The molecular weight excluding hydrogens is 337 g/mol. The van der Waals surface area contributed by atoms with E-state index in [1.165, 1.54) is 26.4 Å². The van der Waals surface area contributed by atoms with Crippen LogP contribution in [0.15, 0.2) is 18.2 Å². The summed E-state index contributed by atoms with van der Waals surface area (Å²) >= 11 is 11.8. The summed E-state index contributed by atoms with van der Waals surface area (Å²) in [7, 11) is 1.37. The highest BCUT2D eigenvalue weighted by Gasteiger charge is 2.20. The number of hydrogen-bond donors (Lipinski definition) is 0. The van der Waals surface area contributed by atoms with Gasteiger partial charge in [0.1, 0.15) is 5.75 Å². The molecule has 0 bridgehead atoms. The minimum Gasteiger partial charge on any atom is -0.491 e. The average molecular weight is 360 g/mol. The van der Waals surface area contributed by atoms with Crippen molar-refractivity contribution in [3.63, 3.8) is 0 Å². The van der Waals surface area contributed by atoms with Crippen LogP contribution in [0.3, 0.4) is 0 Å². The van der Waals surface area contributed by atoms with E-state index in [1.54, 1.807) is 12.1 Å². The van der Waals surface area contributed by atoms with Crippen LogP contribution in [0, 0.1) is 5.92 Å². The lowest BCUT2D eigenvalue weighted by atomic mass is 9.86. The summed E-state index contributed by atoms with van der Waals surface area (Å²) in [6.45, 7) is 2.02. The van der Waals surface area contributed by atoms with E-state index in [0.717, 1.165) is 5.69 Å². The van der Waals surface area contributed by atoms with Crippen molar-refractivity contribution in [2.24, 2.45) is 5.92 Å². The highest BCUT2D eigenvalue weighted by Crippen LogP contribution is 2.33. The summed E-state index contributed by atoms with van der Waals surface area (Å²) in [6.07, 6.45) is 3.69. The maximum atomic E-state index is 11.8. The van der Waals surface area contributed by atoms with Crippen molar-refractivity contribution >= 4 is 34.9 Å². The number of halogens is 2. The summed E-state index contributed by atoms with van der Waals surface area (Å²) in [4.78, 5) is 13.9. The lowest BCUT2D eigenvalue weighted by Crippen LogP contribution is -2.28. The molecule has 1 aliphatic rings. The number of carbonyl (C=O) groups is 1. The molecule has 0 radical (unpaired) electrons. The van der Waals surface area contributed by atoms with Crippen LogP contribution < -0.4 is 9.64 Å². The Labute approximate surface area is 147 Å². The molecule has 1 aromatic carbocycles. The molecule has 0 spiro atoms. The van der Waals surface area contributed by atoms with E-state index >= 15 is 0 Å². The molecule has 1 aliphatic carbocycles. The van der Waals surface area contributed by atoms with Gasteiger partial charge in [0.2, 0.25) is 0 Å². The van der Waals surface area contributed by atoms with E-state index < -0.39 is 0 Å². The van der Waals surface area contributed by atoms with Gasteiger partial charge < -0.3 is 14.4 Å². The van der Waals surface area contributed by atoms with E-state index in [-0.39, 0.29) is 5.97 Å². The zero-order valence-electron chi connectivity index (χ0n) is 13.4. The molecule has 6 heteroatoms. The second kappa shape index (κ2) is 9.24. The molecule has 4 nitrogen and oxygen atoms in total. The van der Waals surface area contributed by atoms with Crippen molar-refractivity contribution in [2.75, 3.05) is 43.5 Å². The van der Waals surface area contributed by atoms with Gasteiger partial charge in [-0.25, -0.2) is 4.79 Å². The number of anilines is 1. The van der Waals surface area contributed by atoms with Crippen molar-refractivity contribution < 1.29 is 14.3 Å². The summed E-state index contributed by atoms with van der Waals surface area (Å²) in [5.41, 5.74) is 1.40. The van der Waals surface area contributed by atoms with Crippen molar-refractivity contribution in [1.82, 2.24) is 0 Å². The number of benzene rings is 1. The molecule has 1 fully saturated rings. The van der Waals surface area contributed by atoms with E-state index in [0.29, 0.717) is 48.7 Å². The number of nitrogens with zero attached hydrogens (tertiary/aromatic N) is 1. The normalized spacial score (nSPS) is 14.2. The Morgan fingerprint density at radius 2 is 1.96 bits per heavy atom. The van der Waals surface area contributed by atoms with Gasteiger partial charge in [0.05, 0.1) is 25.0 Å². The third-order valence-electron chi connectivity index (χ3n) is 4.13. The van der Waals surface area contributed by atoms with Gasteiger partial charge >= 0.3 is 5.97 Å². The number of esters is 1. The topological polar surface area (TPSA) is 38.8 Å². The molecule has 23 heavy (non-hydrogen) atoms. The fourth-order valence-electron chi connectivity index (χ4n) is 2.56. The van der Waals surface area contributed by atoms with Crippen LogP contribution in [-0.2, 0) is 4.74 Å². The largest absolute Gasteiger partial charge is 0.491 e. The first-order valence-corrected chi connectivity index (χ1v) is 8.98. The van der Waals surface area contributed by atoms with Crippen molar-refractivity contribution in [3.05, 3.63) is 23.8 Å². The van der Waals surface area contributed by atoms with Gasteiger partial charge in [-0.3, -0.25) is 0 Å². The van der Waals surface area contributed by atoms with Crippen LogP contribution >= 0.6 is 23.2 Å². The fourth-order valence-corrected chi connectivity index (χ4v) is 2.97. The SMILES string of the molecule is COC(=O)c1ccc(N(CCCl)CCCl)c(OCC2CCC2)c1. The minimum atomic E-state index is -0.369. The number of rotatable bonds is 9. The Morgan fingerprint density at radius 1 is 1.26 bits per heavy atom. The van der Waals surface area contributed by atoms with Gasteiger partial charge in [-0.1, -0.05) is 6.42 Å². The zero-order chi connectivity index (χ0) is 16.7. The second-order valence-electron chi connectivity index (χ2n) is 5.65. The quantitative estimate of drug-likeness (QED) is 0.494. The average Bonchev–Trinajstić information content (AvgIpc) is 2.52. The van der Waals surface area contributed by atoms with Gasteiger partial charge in [0.15, 0.2) is 0 Å². The Hall–Kier alpha value is -1.13. The van der Waals surface area contributed by atoms with Gasteiger partial charge in [-0.05, 0) is 37.0 Å². The number of hydrogen-bond acceptors (Lipinski definition) is 4. The van der Waals surface area contributed by atoms with Gasteiger partial charge in [0, 0.05) is 24.8 Å². The van der Waals surface area contributed by atoms with Crippen LogP contribution in [0.2, 0.25) is 0 Å². The molecule has 1 aromatic rings. The summed E-state index contributed by atoms with van der Waals surface area (Å²) in [6, 6.07) is 5.36. The van der Waals surface area contributed by atoms with Crippen molar-refractivity contribution in [3.8, 4) is 5.75 Å². The first kappa shape index (κ1) is 18.2. The second-order valence-corrected chi connectivity index (χ2v) is 6.40. The van der Waals surface area contributed by atoms with Crippen LogP contribution in [-0.4, -0.2) is 44.5 Å². The molecule has 0 N–H and O–H groups in total. The first-order chi connectivity index (χ1) is 11.2. The molecule has 0 heterocycles. The highest BCUT2D eigenvalue weighted by atomic mass is 35.5. The number of carbonyl (C=O) groups excluding carboxylic acids is 1. The van der Waals surface area contributed by atoms with Gasteiger partial charge in [-0.2, -0.15) is 0 Å².